The Labute approximate surface area is 120 Å². The van der Waals surface area contributed by atoms with Crippen LogP contribution < -0.4 is 0 Å². The van der Waals surface area contributed by atoms with Gasteiger partial charge in [-0.2, -0.15) is 13.2 Å². The topological polar surface area (TPSA) is 23.5 Å². The Kier molecular flexibility index (Phi) is 6.54. The van der Waals surface area contributed by atoms with E-state index in [4.69, 9.17) is 0 Å². The van der Waals surface area contributed by atoms with Crippen molar-refractivity contribution in [3.8, 4) is 0 Å². The van der Waals surface area contributed by atoms with Crippen molar-refractivity contribution in [1.29, 1.82) is 0 Å². The van der Waals surface area contributed by atoms with E-state index in [9.17, 15) is 27.1 Å². The molecular formula is C14H18F5NO. The minimum absolute atomic E-state index is 0.0511. The molecule has 0 saturated carbocycles. The third-order valence-corrected chi connectivity index (χ3v) is 3.00. The normalized spacial score (nSPS) is 13.7. The van der Waals surface area contributed by atoms with Gasteiger partial charge in [-0.25, -0.2) is 8.78 Å². The van der Waals surface area contributed by atoms with Crippen LogP contribution in [0.3, 0.4) is 0 Å². The zero-order valence-electron chi connectivity index (χ0n) is 11.6. The smallest absolute Gasteiger partial charge is 0.388 e. The molecule has 0 heterocycles. The summed E-state index contributed by atoms with van der Waals surface area (Å²) in [6.45, 7) is 0.827. The van der Waals surface area contributed by atoms with E-state index in [0.717, 1.165) is 11.0 Å². The fourth-order valence-electron chi connectivity index (χ4n) is 2.08. The van der Waals surface area contributed by atoms with Gasteiger partial charge in [0.1, 0.15) is 0 Å². The van der Waals surface area contributed by atoms with E-state index in [1.54, 1.807) is 6.92 Å². The molecule has 1 aromatic rings. The second-order valence-corrected chi connectivity index (χ2v) is 4.84. The lowest BCUT2D eigenvalue weighted by molar-refractivity contribution is -0.146. The monoisotopic (exact) mass is 311 g/mol. The van der Waals surface area contributed by atoms with Crippen LogP contribution in [0.1, 0.15) is 31.4 Å². The molecule has 0 saturated heterocycles. The van der Waals surface area contributed by atoms with Crippen molar-refractivity contribution in [2.75, 3.05) is 19.6 Å². The molecule has 2 nitrogen and oxygen atoms in total. The zero-order valence-corrected chi connectivity index (χ0v) is 11.6. The molecular weight excluding hydrogens is 293 g/mol. The van der Waals surface area contributed by atoms with Crippen LogP contribution in [0.25, 0.3) is 0 Å². The molecule has 1 rings (SSSR count). The minimum Gasteiger partial charge on any atom is -0.388 e. The zero-order chi connectivity index (χ0) is 16.0. The standard InChI is InChI=1S/C14H18F5NO/c1-2-7-20(9-14(17,18)19)8-6-12(21)10-4-3-5-11(15)13(10)16/h3-5,12,21H,2,6-9H2,1H3. The molecule has 0 fully saturated rings. The highest BCUT2D eigenvalue weighted by Crippen LogP contribution is 2.23. The molecule has 0 radical (unpaired) electrons. The predicted molar refractivity (Wildman–Crippen MR) is 68.7 cm³/mol. The second-order valence-electron chi connectivity index (χ2n) is 4.84. The van der Waals surface area contributed by atoms with E-state index in [1.807, 2.05) is 0 Å². The summed E-state index contributed by atoms with van der Waals surface area (Å²) in [6, 6.07) is 3.38. The number of alkyl halides is 3. The van der Waals surface area contributed by atoms with Crippen LogP contribution >= 0.6 is 0 Å². The summed E-state index contributed by atoms with van der Waals surface area (Å²) in [5.41, 5.74) is -0.238. The summed E-state index contributed by atoms with van der Waals surface area (Å²) in [6.07, 6.45) is -5.24. The number of aliphatic hydroxyl groups excluding tert-OH is 1. The second kappa shape index (κ2) is 7.70. The molecule has 1 atom stereocenters. The summed E-state index contributed by atoms with van der Waals surface area (Å²) in [5, 5.41) is 9.83. The van der Waals surface area contributed by atoms with Crippen LogP contribution in [0.4, 0.5) is 22.0 Å². The van der Waals surface area contributed by atoms with Crippen LogP contribution in [0.15, 0.2) is 18.2 Å². The molecule has 21 heavy (non-hydrogen) atoms. The van der Waals surface area contributed by atoms with Crippen molar-refractivity contribution in [1.82, 2.24) is 4.90 Å². The number of benzene rings is 1. The summed E-state index contributed by atoms with van der Waals surface area (Å²) in [5.74, 6) is -2.25. The van der Waals surface area contributed by atoms with Gasteiger partial charge >= 0.3 is 6.18 Å². The average molecular weight is 311 g/mol. The molecule has 0 bridgehead atoms. The first-order valence-electron chi connectivity index (χ1n) is 6.65. The summed E-state index contributed by atoms with van der Waals surface area (Å²) < 4.78 is 63.6. The van der Waals surface area contributed by atoms with E-state index in [1.165, 1.54) is 12.1 Å². The Balaban J connectivity index is 2.64. The molecule has 0 spiro atoms. The largest absolute Gasteiger partial charge is 0.401 e. The fourth-order valence-corrected chi connectivity index (χ4v) is 2.08. The molecule has 1 N–H and O–H groups in total. The first-order valence-corrected chi connectivity index (χ1v) is 6.65. The molecule has 1 unspecified atom stereocenters. The highest BCUT2D eigenvalue weighted by molar-refractivity contribution is 5.21. The summed E-state index contributed by atoms with van der Waals surface area (Å²) in [7, 11) is 0. The number of hydrogen-bond donors (Lipinski definition) is 1. The number of nitrogens with zero attached hydrogens (tertiary/aromatic N) is 1. The number of halogens is 5. The third-order valence-electron chi connectivity index (χ3n) is 3.00. The van der Waals surface area contributed by atoms with E-state index >= 15 is 0 Å². The highest BCUT2D eigenvalue weighted by atomic mass is 19.4. The molecule has 0 aromatic heterocycles. The van der Waals surface area contributed by atoms with Gasteiger partial charge in [-0.15, -0.1) is 0 Å². The van der Waals surface area contributed by atoms with Crippen molar-refractivity contribution in [3.63, 3.8) is 0 Å². The van der Waals surface area contributed by atoms with Crippen molar-refractivity contribution < 1.29 is 27.1 Å². The van der Waals surface area contributed by atoms with Crippen molar-refractivity contribution in [2.45, 2.75) is 32.0 Å². The SMILES string of the molecule is CCCN(CCC(O)c1cccc(F)c1F)CC(F)(F)F. The maximum atomic E-state index is 13.5. The van der Waals surface area contributed by atoms with Gasteiger partial charge in [0.25, 0.3) is 0 Å². The maximum absolute atomic E-state index is 13.5. The lowest BCUT2D eigenvalue weighted by Crippen LogP contribution is -2.36. The average Bonchev–Trinajstić information content (AvgIpc) is 2.37. The van der Waals surface area contributed by atoms with Gasteiger partial charge in [-0.3, -0.25) is 4.90 Å². The Morgan fingerprint density at radius 2 is 1.86 bits per heavy atom. The lowest BCUT2D eigenvalue weighted by atomic mass is 10.1. The van der Waals surface area contributed by atoms with Crippen molar-refractivity contribution in [2.24, 2.45) is 0 Å². The Bertz CT molecular complexity index is 449. The predicted octanol–water partition coefficient (Wildman–Crippen LogP) is 3.66. The van der Waals surface area contributed by atoms with Crippen LogP contribution in [0.2, 0.25) is 0 Å². The van der Waals surface area contributed by atoms with Crippen LogP contribution in [0.5, 0.6) is 0 Å². The highest BCUT2D eigenvalue weighted by Gasteiger charge is 2.30. The molecule has 0 amide bonds. The third kappa shape index (κ3) is 5.97. The lowest BCUT2D eigenvalue weighted by Gasteiger charge is -2.24. The Hall–Kier alpha value is -1.21. The summed E-state index contributed by atoms with van der Waals surface area (Å²) >= 11 is 0. The van der Waals surface area contributed by atoms with E-state index in [-0.39, 0.29) is 25.1 Å². The van der Waals surface area contributed by atoms with Gasteiger partial charge in [-0.1, -0.05) is 19.1 Å². The molecule has 7 heteroatoms. The van der Waals surface area contributed by atoms with Gasteiger partial charge in [0, 0.05) is 12.1 Å². The fraction of sp³-hybridized carbons (Fsp3) is 0.571. The number of hydrogen-bond acceptors (Lipinski definition) is 2. The number of rotatable bonds is 7. The van der Waals surface area contributed by atoms with E-state index in [2.05, 4.69) is 0 Å². The van der Waals surface area contributed by atoms with Crippen molar-refractivity contribution in [3.05, 3.63) is 35.4 Å². The van der Waals surface area contributed by atoms with E-state index in [0.29, 0.717) is 6.42 Å². The molecule has 0 aliphatic carbocycles. The first-order chi connectivity index (χ1) is 9.74. The molecule has 0 aliphatic rings. The molecule has 1 aromatic carbocycles. The number of aliphatic hydroxyl groups is 1. The molecule has 120 valence electrons. The first kappa shape index (κ1) is 17.8. The van der Waals surface area contributed by atoms with Gasteiger partial charge in [0.2, 0.25) is 0 Å². The van der Waals surface area contributed by atoms with Gasteiger partial charge in [0.05, 0.1) is 12.6 Å². The summed E-state index contributed by atoms with van der Waals surface area (Å²) in [4.78, 5) is 1.14. The molecule has 0 aliphatic heterocycles. The van der Waals surface area contributed by atoms with Gasteiger partial charge < -0.3 is 5.11 Å². The van der Waals surface area contributed by atoms with E-state index < -0.39 is 30.5 Å². The van der Waals surface area contributed by atoms with Crippen LogP contribution in [0, 0.1) is 11.6 Å². The Morgan fingerprint density at radius 1 is 1.19 bits per heavy atom. The van der Waals surface area contributed by atoms with Crippen LogP contribution in [-0.2, 0) is 0 Å². The maximum Gasteiger partial charge on any atom is 0.401 e. The minimum atomic E-state index is -4.33. The quantitative estimate of drug-likeness (QED) is 0.777. The van der Waals surface area contributed by atoms with Crippen molar-refractivity contribution >= 4 is 0 Å². The van der Waals surface area contributed by atoms with Crippen LogP contribution in [-0.4, -0.2) is 35.8 Å². The van der Waals surface area contributed by atoms with Gasteiger partial charge in [0.15, 0.2) is 11.6 Å². The van der Waals surface area contributed by atoms with Gasteiger partial charge in [-0.05, 0) is 25.5 Å². The Morgan fingerprint density at radius 3 is 2.43 bits per heavy atom.